The molecule has 0 bridgehead atoms. The van der Waals surface area contributed by atoms with Gasteiger partial charge in [-0.05, 0) is 47.5 Å². The number of nitro benzene ring substituents is 2. The van der Waals surface area contributed by atoms with Crippen LogP contribution in [-0.2, 0) is 11.4 Å². The van der Waals surface area contributed by atoms with Crippen molar-refractivity contribution in [2.24, 2.45) is 0 Å². The number of anilines is 1. The van der Waals surface area contributed by atoms with Crippen LogP contribution in [0.5, 0.6) is 5.75 Å². The molecule has 3 rings (SSSR count). The third-order valence-electron chi connectivity index (χ3n) is 4.49. The average Bonchev–Trinajstić information content (AvgIpc) is 2.82. The van der Waals surface area contributed by atoms with Crippen molar-refractivity contribution < 1.29 is 19.4 Å². The summed E-state index contributed by atoms with van der Waals surface area (Å²) in [6.07, 6.45) is 1.32. The molecule has 10 nitrogen and oxygen atoms in total. The highest BCUT2D eigenvalue weighted by atomic mass is 35.5. The molecule has 11 heteroatoms. The summed E-state index contributed by atoms with van der Waals surface area (Å²) in [5, 5.41) is 33.7. The van der Waals surface area contributed by atoms with Crippen molar-refractivity contribution in [2.75, 3.05) is 5.32 Å². The zero-order valence-electron chi connectivity index (χ0n) is 17.3. The number of carbonyl (C=O) groups is 1. The molecule has 1 amide bonds. The molecule has 0 saturated carbocycles. The zero-order chi connectivity index (χ0) is 24.7. The highest BCUT2D eigenvalue weighted by Gasteiger charge is 2.13. The van der Waals surface area contributed by atoms with Crippen LogP contribution in [0.4, 0.5) is 17.1 Å². The maximum absolute atomic E-state index is 12.4. The standard InChI is InChI=1S/C23H15ClN4O6/c24-21-11-16(6-9-22(21)34-14-15-4-7-19(8-5-15)27(30)31)10-17(13-25)23(29)26-18-2-1-3-20(12-18)28(32)33/h1-12H,14H2,(H,26,29)/b17-10+. The maximum Gasteiger partial charge on any atom is 0.271 e. The summed E-state index contributed by atoms with van der Waals surface area (Å²) < 4.78 is 5.64. The van der Waals surface area contributed by atoms with Gasteiger partial charge in [0.1, 0.15) is 24.0 Å². The topological polar surface area (TPSA) is 148 Å². The lowest BCUT2D eigenvalue weighted by Crippen LogP contribution is -2.13. The van der Waals surface area contributed by atoms with Crippen molar-refractivity contribution in [1.29, 1.82) is 5.26 Å². The number of hydrogen-bond acceptors (Lipinski definition) is 7. The first-order valence-corrected chi connectivity index (χ1v) is 9.98. The van der Waals surface area contributed by atoms with Crippen molar-refractivity contribution in [3.05, 3.63) is 109 Å². The van der Waals surface area contributed by atoms with E-state index in [0.29, 0.717) is 16.9 Å². The Morgan fingerprint density at radius 1 is 1.03 bits per heavy atom. The number of nitrogens with zero attached hydrogens (tertiary/aromatic N) is 3. The minimum atomic E-state index is -0.738. The number of carbonyl (C=O) groups excluding carboxylic acids is 1. The SMILES string of the molecule is N#C/C(=C\c1ccc(OCc2ccc([N+](=O)[O-])cc2)c(Cl)c1)C(=O)Nc1cccc([N+](=O)[O-])c1. The average molecular weight is 479 g/mol. The second kappa shape index (κ2) is 10.7. The van der Waals surface area contributed by atoms with Crippen LogP contribution in [0.25, 0.3) is 6.08 Å². The third-order valence-corrected chi connectivity index (χ3v) is 4.78. The molecule has 170 valence electrons. The predicted octanol–water partition coefficient (Wildman–Crippen LogP) is 5.28. The van der Waals surface area contributed by atoms with E-state index in [-0.39, 0.29) is 34.3 Å². The van der Waals surface area contributed by atoms with Crippen LogP contribution >= 0.6 is 11.6 Å². The quantitative estimate of drug-likeness (QED) is 0.200. The summed E-state index contributed by atoms with van der Waals surface area (Å²) >= 11 is 6.25. The van der Waals surface area contributed by atoms with E-state index in [4.69, 9.17) is 16.3 Å². The Kier molecular flexibility index (Phi) is 7.53. The van der Waals surface area contributed by atoms with E-state index >= 15 is 0 Å². The fraction of sp³-hybridized carbons (Fsp3) is 0.0435. The first-order chi connectivity index (χ1) is 16.3. The van der Waals surface area contributed by atoms with Crippen molar-refractivity contribution >= 4 is 40.6 Å². The number of nitrogens with one attached hydrogen (secondary N) is 1. The number of amides is 1. The van der Waals surface area contributed by atoms with Crippen molar-refractivity contribution in [3.63, 3.8) is 0 Å². The smallest absolute Gasteiger partial charge is 0.271 e. The van der Waals surface area contributed by atoms with Crippen LogP contribution in [0.15, 0.2) is 72.3 Å². The molecule has 3 aromatic rings. The minimum Gasteiger partial charge on any atom is -0.487 e. The van der Waals surface area contributed by atoms with E-state index in [1.54, 1.807) is 30.3 Å². The third kappa shape index (κ3) is 6.15. The van der Waals surface area contributed by atoms with E-state index < -0.39 is 15.8 Å². The maximum atomic E-state index is 12.4. The van der Waals surface area contributed by atoms with Gasteiger partial charge in [0, 0.05) is 30.0 Å². The van der Waals surface area contributed by atoms with Gasteiger partial charge in [-0.25, -0.2) is 0 Å². The van der Waals surface area contributed by atoms with Gasteiger partial charge in [0.25, 0.3) is 17.3 Å². The molecule has 0 unspecified atom stereocenters. The largest absolute Gasteiger partial charge is 0.487 e. The first kappa shape index (κ1) is 23.9. The summed E-state index contributed by atoms with van der Waals surface area (Å²) in [6, 6.07) is 17.7. The Labute approximate surface area is 198 Å². The second-order valence-electron chi connectivity index (χ2n) is 6.83. The van der Waals surface area contributed by atoms with Gasteiger partial charge in [0.15, 0.2) is 0 Å². The van der Waals surface area contributed by atoms with Crippen LogP contribution in [0.3, 0.4) is 0 Å². The number of non-ortho nitro benzene ring substituents is 2. The van der Waals surface area contributed by atoms with Crippen LogP contribution in [0.1, 0.15) is 11.1 Å². The number of nitro groups is 2. The number of hydrogen-bond donors (Lipinski definition) is 1. The monoisotopic (exact) mass is 478 g/mol. The van der Waals surface area contributed by atoms with Gasteiger partial charge in [-0.1, -0.05) is 23.7 Å². The summed E-state index contributed by atoms with van der Waals surface area (Å²) in [7, 11) is 0. The van der Waals surface area contributed by atoms with Gasteiger partial charge >= 0.3 is 0 Å². The van der Waals surface area contributed by atoms with Gasteiger partial charge in [-0.3, -0.25) is 25.0 Å². The van der Waals surface area contributed by atoms with Crippen molar-refractivity contribution in [1.82, 2.24) is 0 Å². The Morgan fingerprint density at radius 2 is 1.74 bits per heavy atom. The molecule has 0 aliphatic carbocycles. The molecular formula is C23H15ClN4O6. The normalized spacial score (nSPS) is 10.8. The van der Waals surface area contributed by atoms with Crippen LogP contribution in [0.2, 0.25) is 5.02 Å². The Bertz CT molecular complexity index is 1330. The summed E-state index contributed by atoms with van der Waals surface area (Å²) in [5.41, 5.74) is 0.876. The van der Waals surface area contributed by atoms with Gasteiger partial charge < -0.3 is 10.1 Å². The lowest BCUT2D eigenvalue weighted by atomic mass is 10.1. The Hall–Kier alpha value is -4.75. The number of ether oxygens (including phenoxy) is 1. The summed E-state index contributed by atoms with van der Waals surface area (Å²) in [5.74, 6) is -0.394. The van der Waals surface area contributed by atoms with E-state index in [1.165, 1.54) is 48.5 Å². The molecule has 34 heavy (non-hydrogen) atoms. The van der Waals surface area contributed by atoms with E-state index in [9.17, 15) is 30.3 Å². The fourth-order valence-electron chi connectivity index (χ4n) is 2.81. The molecule has 0 atom stereocenters. The molecule has 3 aromatic carbocycles. The first-order valence-electron chi connectivity index (χ1n) is 9.60. The van der Waals surface area contributed by atoms with E-state index in [1.807, 2.05) is 0 Å². The number of rotatable bonds is 8. The van der Waals surface area contributed by atoms with Crippen LogP contribution in [0, 0.1) is 31.6 Å². The summed E-state index contributed by atoms with van der Waals surface area (Å²) in [6.45, 7) is 0.127. The van der Waals surface area contributed by atoms with Crippen molar-refractivity contribution in [3.8, 4) is 11.8 Å². The molecule has 0 saturated heterocycles. The zero-order valence-corrected chi connectivity index (χ0v) is 18.1. The van der Waals surface area contributed by atoms with Gasteiger partial charge in [0.2, 0.25) is 0 Å². The molecule has 0 radical (unpaired) electrons. The van der Waals surface area contributed by atoms with Gasteiger partial charge in [-0.2, -0.15) is 5.26 Å². The Morgan fingerprint density at radius 3 is 2.35 bits per heavy atom. The van der Waals surface area contributed by atoms with Crippen LogP contribution < -0.4 is 10.1 Å². The van der Waals surface area contributed by atoms with Gasteiger partial charge in [0.05, 0.1) is 14.9 Å². The number of benzene rings is 3. The lowest BCUT2D eigenvalue weighted by molar-refractivity contribution is -0.385. The summed E-state index contributed by atoms with van der Waals surface area (Å²) in [4.78, 5) is 32.9. The van der Waals surface area contributed by atoms with Crippen molar-refractivity contribution in [2.45, 2.75) is 6.61 Å². The molecule has 0 spiro atoms. The molecular weight excluding hydrogens is 464 g/mol. The Balaban J connectivity index is 1.69. The molecule has 0 aliphatic heterocycles. The molecule has 0 aliphatic rings. The molecule has 0 fully saturated rings. The predicted molar refractivity (Wildman–Crippen MR) is 124 cm³/mol. The minimum absolute atomic E-state index is 0.0271. The molecule has 0 aromatic heterocycles. The fourth-order valence-corrected chi connectivity index (χ4v) is 3.05. The second-order valence-corrected chi connectivity index (χ2v) is 7.24. The number of nitriles is 1. The van der Waals surface area contributed by atoms with Gasteiger partial charge in [-0.15, -0.1) is 0 Å². The highest BCUT2D eigenvalue weighted by molar-refractivity contribution is 6.32. The molecule has 0 heterocycles. The number of halogens is 1. The van der Waals surface area contributed by atoms with E-state index in [2.05, 4.69) is 5.32 Å². The van der Waals surface area contributed by atoms with E-state index in [0.717, 1.165) is 0 Å². The lowest BCUT2D eigenvalue weighted by Gasteiger charge is -2.09. The molecule has 1 N–H and O–H groups in total. The van der Waals surface area contributed by atoms with Crippen LogP contribution in [-0.4, -0.2) is 15.8 Å². The highest BCUT2D eigenvalue weighted by Crippen LogP contribution is 2.28.